The quantitative estimate of drug-likeness (QED) is 0.413. The molecule has 16 heavy (non-hydrogen) atoms. The van der Waals surface area contributed by atoms with Crippen molar-refractivity contribution < 1.29 is 19.4 Å². The maximum atomic E-state index is 11.3. The van der Waals surface area contributed by atoms with E-state index >= 15 is 0 Å². The Morgan fingerprint density at radius 2 is 2.00 bits per heavy atom. The fourth-order valence-electron chi connectivity index (χ4n) is 1.17. The zero-order chi connectivity index (χ0) is 12.6. The van der Waals surface area contributed by atoms with Gasteiger partial charge in [-0.1, -0.05) is 20.3 Å². The highest BCUT2D eigenvalue weighted by atomic mass is 16.5. The molecular formula is C12H20O4. The number of ether oxygens (including phenoxy) is 1. The van der Waals surface area contributed by atoms with Crippen LogP contribution in [0.15, 0.2) is 11.8 Å². The number of rotatable bonds is 7. The largest absolute Gasteiger partial charge is 0.502 e. The Hall–Kier alpha value is -1.32. The number of esters is 1. The van der Waals surface area contributed by atoms with Crippen LogP contribution < -0.4 is 0 Å². The summed E-state index contributed by atoms with van der Waals surface area (Å²) < 4.78 is 4.54. The van der Waals surface area contributed by atoms with E-state index in [-0.39, 0.29) is 12.4 Å². The Kier molecular flexibility index (Phi) is 7.25. The number of aliphatic hydroxyl groups is 1. The van der Waals surface area contributed by atoms with Crippen LogP contribution >= 0.6 is 0 Å². The van der Waals surface area contributed by atoms with Gasteiger partial charge in [-0.3, -0.25) is 4.79 Å². The summed E-state index contributed by atoms with van der Waals surface area (Å²) >= 11 is 0. The molecule has 1 N–H and O–H groups in total. The van der Waals surface area contributed by atoms with Crippen molar-refractivity contribution in [2.45, 2.75) is 40.0 Å². The lowest BCUT2D eigenvalue weighted by molar-refractivity contribution is -0.141. The van der Waals surface area contributed by atoms with Gasteiger partial charge < -0.3 is 9.84 Å². The Morgan fingerprint density at radius 3 is 2.50 bits per heavy atom. The Balaban J connectivity index is 4.01. The van der Waals surface area contributed by atoms with Crippen LogP contribution in [0.1, 0.15) is 40.0 Å². The van der Waals surface area contributed by atoms with E-state index in [1.807, 2.05) is 0 Å². The van der Waals surface area contributed by atoms with Gasteiger partial charge in [0.1, 0.15) is 0 Å². The Morgan fingerprint density at radius 1 is 1.38 bits per heavy atom. The molecule has 92 valence electrons. The van der Waals surface area contributed by atoms with E-state index in [1.165, 1.54) is 0 Å². The van der Waals surface area contributed by atoms with E-state index in [0.29, 0.717) is 12.3 Å². The summed E-state index contributed by atoms with van der Waals surface area (Å²) in [6.45, 7) is 5.97. The van der Waals surface area contributed by atoms with Crippen LogP contribution in [0.4, 0.5) is 0 Å². The molecule has 0 fully saturated rings. The van der Waals surface area contributed by atoms with Crippen molar-refractivity contribution in [2.24, 2.45) is 5.92 Å². The van der Waals surface area contributed by atoms with Crippen molar-refractivity contribution >= 4 is 11.8 Å². The minimum atomic E-state index is -0.847. The van der Waals surface area contributed by atoms with Crippen LogP contribution in [-0.2, 0) is 14.3 Å². The summed E-state index contributed by atoms with van der Waals surface area (Å²) in [5, 5.41) is 9.19. The van der Waals surface area contributed by atoms with E-state index < -0.39 is 11.7 Å². The number of carbonyl (C=O) groups is 2. The highest BCUT2D eigenvalue weighted by molar-refractivity contribution is 5.97. The van der Waals surface area contributed by atoms with Crippen molar-refractivity contribution in [2.75, 3.05) is 6.61 Å². The minimum Gasteiger partial charge on any atom is -0.502 e. The topological polar surface area (TPSA) is 63.6 Å². The second-order valence-corrected chi connectivity index (χ2v) is 4.00. The normalized spacial score (nSPS) is 11.6. The molecule has 0 saturated heterocycles. The molecule has 0 aromatic heterocycles. The van der Waals surface area contributed by atoms with Gasteiger partial charge in [0.2, 0.25) is 5.76 Å². The number of carbonyl (C=O) groups excluding carboxylic acids is 2. The molecule has 4 heteroatoms. The molecular weight excluding hydrogens is 208 g/mol. The van der Waals surface area contributed by atoms with E-state index in [0.717, 1.165) is 18.9 Å². The molecule has 0 radical (unpaired) electrons. The summed E-state index contributed by atoms with van der Waals surface area (Å²) in [5.41, 5.74) is 0. The molecule has 0 unspecified atom stereocenters. The molecule has 0 rings (SSSR count). The van der Waals surface area contributed by atoms with Gasteiger partial charge in [-0.2, -0.15) is 0 Å². The molecule has 0 aromatic carbocycles. The van der Waals surface area contributed by atoms with Crippen LogP contribution in [0.3, 0.4) is 0 Å². The van der Waals surface area contributed by atoms with Gasteiger partial charge >= 0.3 is 5.97 Å². The number of aliphatic hydroxyl groups excluding tert-OH is 1. The van der Waals surface area contributed by atoms with Gasteiger partial charge in [0.15, 0.2) is 5.78 Å². The smallest absolute Gasteiger partial charge is 0.373 e. The number of hydrogen-bond donors (Lipinski definition) is 1. The van der Waals surface area contributed by atoms with Crippen molar-refractivity contribution in [1.82, 2.24) is 0 Å². The lowest BCUT2D eigenvalue weighted by atomic mass is 10.0. The van der Waals surface area contributed by atoms with Gasteiger partial charge in [0.25, 0.3) is 0 Å². The molecule has 0 aliphatic rings. The van der Waals surface area contributed by atoms with Crippen LogP contribution in [0, 0.1) is 5.92 Å². The minimum absolute atomic E-state index is 0.179. The zero-order valence-corrected chi connectivity index (χ0v) is 10.2. The highest BCUT2D eigenvalue weighted by Crippen LogP contribution is 2.07. The maximum Gasteiger partial charge on any atom is 0.373 e. The third kappa shape index (κ3) is 7.04. The number of allylic oxidation sites excluding steroid dienone is 1. The molecule has 0 aromatic rings. The average molecular weight is 228 g/mol. The van der Waals surface area contributed by atoms with E-state index in [1.54, 1.807) is 6.92 Å². The summed E-state index contributed by atoms with van der Waals surface area (Å²) in [5.74, 6) is -1.15. The summed E-state index contributed by atoms with van der Waals surface area (Å²) in [6.07, 6.45) is 3.02. The number of ketones is 1. The Labute approximate surface area is 96.3 Å². The molecule has 0 amide bonds. The van der Waals surface area contributed by atoms with Crippen LogP contribution in [0.2, 0.25) is 0 Å². The van der Waals surface area contributed by atoms with E-state index in [4.69, 9.17) is 0 Å². The number of hydrogen-bond acceptors (Lipinski definition) is 4. The molecule has 0 aliphatic heterocycles. The van der Waals surface area contributed by atoms with E-state index in [9.17, 15) is 14.7 Å². The molecule has 0 atom stereocenters. The molecule has 0 aliphatic carbocycles. The van der Waals surface area contributed by atoms with Crippen molar-refractivity contribution in [1.29, 1.82) is 0 Å². The molecule has 0 spiro atoms. The molecule has 0 saturated carbocycles. The first-order valence-electron chi connectivity index (χ1n) is 5.58. The third-order valence-electron chi connectivity index (χ3n) is 1.99. The van der Waals surface area contributed by atoms with Gasteiger partial charge in [0, 0.05) is 12.5 Å². The third-order valence-corrected chi connectivity index (χ3v) is 1.99. The Bertz CT molecular complexity index is 266. The second kappa shape index (κ2) is 7.91. The van der Waals surface area contributed by atoms with Crippen molar-refractivity contribution in [3.8, 4) is 0 Å². The first kappa shape index (κ1) is 14.7. The summed E-state index contributed by atoms with van der Waals surface area (Å²) in [7, 11) is 0. The lowest BCUT2D eigenvalue weighted by Gasteiger charge is -2.02. The van der Waals surface area contributed by atoms with E-state index in [2.05, 4.69) is 18.6 Å². The van der Waals surface area contributed by atoms with Gasteiger partial charge in [-0.15, -0.1) is 0 Å². The summed E-state index contributed by atoms with van der Waals surface area (Å²) in [6, 6.07) is 0. The molecule has 0 heterocycles. The SMILES string of the molecule is CCOC(=O)/C(O)=C/C(=O)CCCC(C)C. The van der Waals surface area contributed by atoms with Gasteiger partial charge in [0.05, 0.1) is 6.61 Å². The van der Waals surface area contributed by atoms with Gasteiger partial charge in [-0.05, 0) is 19.3 Å². The maximum absolute atomic E-state index is 11.3. The van der Waals surface area contributed by atoms with Crippen molar-refractivity contribution in [3.05, 3.63) is 11.8 Å². The molecule has 4 nitrogen and oxygen atoms in total. The first-order valence-corrected chi connectivity index (χ1v) is 5.58. The van der Waals surface area contributed by atoms with Crippen LogP contribution in [-0.4, -0.2) is 23.5 Å². The zero-order valence-electron chi connectivity index (χ0n) is 10.2. The predicted octanol–water partition coefficient (Wildman–Crippen LogP) is 2.39. The van der Waals surface area contributed by atoms with Crippen LogP contribution in [0.25, 0.3) is 0 Å². The fourth-order valence-corrected chi connectivity index (χ4v) is 1.17. The molecule has 0 bridgehead atoms. The van der Waals surface area contributed by atoms with Crippen molar-refractivity contribution in [3.63, 3.8) is 0 Å². The standard InChI is InChI=1S/C12H20O4/c1-4-16-12(15)11(14)8-10(13)7-5-6-9(2)3/h8-9,14H,4-7H2,1-3H3/b11-8-. The monoisotopic (exact) mass is 228 g/mol. The fraction of sp³-hybridized carbons (Fsp3) is 0.667. The second-order valence-electron chi connectivity index (χ2n) is 4.00. The van der Waals surface area contributed by atoms with Gasteiger partial charge in [-0.25, -0.2) is 4.79 Å². The average Bonchev–Trinajstić information content (AvgIpc) is 2.17. The summed E-state index contributed by atoms with van der Waals surface area (Å²) in [4.78, 5) is 22.3. The first-order chi connectivity index (χ1) is 7.47. The lowest BCUT2D eigenvalue weighted by Crippen LogP contribution is -2.09. The predicted molar refractivity (Wildman–Crippen MR) is 61.0 cm³/mol. The van der Waals surface area contributed by atoms with Crippen LogP contribution in [0.5, 0.6) is 0 Å². The highest BCUT2D eigenvalue weighted by Gasteiger charge is 2.10.